The molecule has 0 saturated carbocycles. The number of anilines is 1. The van der Waals surface area contributed by atoms with E-state index in [-0.39, 0.29) is 11.8 Å². The Balaban J connectivity index is 1.52. The number of carbonyl (C=O) groups excluding carboxylic acids is 2. The molecule has 2 amide bonds. The second-order valence-corrected chi connectivity index (χ2v) is 8.20. The molecule has 0 spiro atoms. The number of carbonyl (C=O) groups is 2. The lowest BCUT2D eigenvalue weighted by Gasteiger charge is -2.18. The average Bonchev–Trinajstić information content (AvgIpc) is 3.12. The topological polar surface area (TPSA) is 65.2 Å². The number of nitrogens with zero attached hydrogens (tertiary/aromatic N) is 1. The third kappa shape index (κ3) is 3.84. The lowest BCUT2D eigenvalue weighted by atomic mass is 9.87. The maximum absolute atomic E-state index is 12.8. The van der Waals surface area contributed by atoms with E-state index < -0.39 is 0 Å². The minimum Gasteiger partial charge on any atom is -0.358 e. The highest BCUT2D eigenvalue weighted by Crippen LogP contribution is 2.32. The van der Waals surface area contributed by atoms with Gasteiger partial charge in [0, 0.05) is 46.5 Å². The van der Waals surface area contributed by atoms with Crippen molar-refractivity contribution in [3.8, 4) is 0 Å². The normalized spacial score (nSPS) is 15.6. The van der Waals surface area contributed by atoms with Gasteiger partial charge >= 0.3 is 0 Å². The van der Waals surface area contributed by atoms with Gasteiger partial charge in [0.25, 0.3) is 11.8 Å². The van der Waals surface area contributed by atoms with E-state index in [4.69, 9.17) is 0 Å². The van der Waals surface area contributed by atoms with Crippen LogP contribution in [0.3, 0.4) is 0 Å². The van der Waals surface area contributed by atoms with Crippen LogP contribution < -0.4 is 5.32 Å². The van der Waals surface area contributed by atoms with Gasteiger partial charge in [0.05, 0.1) is 0 Å². The van der Waals surface area contributed by atoms with Crippen LogP contribution in [0.25, 0.3) is 10.9 Å². The molecule has 0 bridgehead atoms. The SMILES string of the molecule is CCN(CC)C(=O)c1ccc(NC(=O)c2ccc3[nH]c4c(c3c2)C[C@H](C)CC4)cc1. The van der Waals surface area contributed by atoms with Gasteiger partial charge in [0.2, 0.25) is 0 Å². The number of aryl methyl sites for hydroxylation is 1. The van der Waals surface area contributed by atoms with Crippen LogP contribution in [0.15, 0.2) is 42.5 Å². The van der Waals surface area contributed by atoms with Gasteiger partial charge in [0.15, 0.2) is 0 Å². The number of amides is 2. The van der Waals surface area contributed by atoms with E-state index in [1.165, 1.54) is 17.7 Å². The molecule has 2 aromatic carbocycles. The van der Waals surface area contributed by atoms with Crippen molar-refractivity contribution in [2.24, 2.45) is 5.92 Å². The zero-order valence-electron chi connectivity index (χ0n) is 17.9. The van der Waals surface area contributed by atoms with E-state index in [1.54, 1.807) is 29.2 Å². The van der Waals surface area contributed by atoms with Gasteiger partial charge in [-0.1, -0.05) is 6.92 Å². The summed E-state index contributed by atoms with van der Waals surface area (Å²) in [4.78, 5) is 30.6. The molecule has 0 radical (unpaired) electrons. The summed E-state index contributed by atoms with van der Waals surface area (Å²) in [7, 11) is 0. The molecule has 1 atom stereocenters. The van der Waals surface area contributed by atoms with Crippen molar-refractivity contribution in [3.05, 3.63) is 64.8 Å². The number of hydrogen-bond acceptors (Lipinski definition) is 2. The number of aromatic amines is 1. The molecule has 1 heterocycles. The quantitative estimate of drug-likeness (QED) is 0.628. The first-order valence-electron chi connectivity index (χ1n) is 10.8. The minimum atomic E-state index is -0.140. The van der Waals surface area contributed by atoms with Gasteiger partial charge in [-0.05, 0) is 87.1 Å². The second kappa shape index (κ2) is 8.34. The van der Waals surface area contributed by atoms with Crippen LogP contribution in [0, 0.1) is 5.92 Å². The predicted molar refractivity (Wildman–Crippen MR) is 121 cm³/mol. The van der Waals surface area contributed by atoms with Crippen LogP contribution in [-0.4, -0.2) is 34.8 Å². The number of nitrogens with one attached hydrogen (secondary N) is 2. The Labute approximate surface area is 177 Å². The first kappa shape index (κ1) is 20.2. The van der Waals surface area contributed by atoms with E-state index in [1.807, 2.05) is 32.0 Å². The molecule has 3 aromatic rings. The third-order valence-corrected chi connectivity index (χ3v) is 6.14. The number of rotatable bonds is 5. The molecule has 1 aliphatic carbocycles. The van der Waals surface area contributed by atoms with Crippen LogP contribution >= 0.6 is 0 Å². The van der Waals surface area contributed by atoms with Crippen molar-refractivity contribution in [3.63, 3.8) is 0 Å². The first-order chi connectivity index (χ1) is 14.5. The van der Waals surface area contributed by atoms with E-state index in [2.05, 4.69) is 17.2 Å². The summed E-state index contributed by atoms with van der Waals surface area (Å²) in [5.74, 6) is 0.542. The lowest BCUT2D eigenvalue weighted by Crippen LogP contribution is -2.30. The van der Waals surface area contributed by atoms with Crippen molar-refractivity contribution < 1.29 is 9.59 Å². The maximum atomic E-state index is 12.8. The van der Waals surface area contributed by atoms with E-state index in [9.17, 15) is 9.59 Å². The highest BCUT2D eigenvalue weighted by Gasteiger charge is 2.20. The second-order valence-electron chi connectivity index (χ2n) is 8.20. The minimum absolute atomic E-state index is 0.00906. The van der Waals surface area contributed by atoms with Crippen LogP contribution in [-0.2, 0) is 12.8 Å². The summed E-state index contributed by atoms with van der Waals surface area (Å²) >= 11 is 0. The zero-order chi connectivity index (χ0) is 21.3. The molecule has 156 valence electrons. The van der Waals surface area contributed by atoms with Crippen molar-refractivity contribution in [2.45, 2.75) is 40.0 Å². The Bertz CT molecular complexity index is 1080. The number of fused-ring (bicyclic) bond motifs is 3. The smallest absolute Gasteiger partial charge is 0.255 e. The van der Waals surface area contributed by atoms with Crippen LogP contribution in [0.4, 0.5) is 5.69 Å². The Morgan fingerprint density at radius 1 is 1.07 bits per heavy atom. The van der Waals surface area contributed by atoms with Gasteiger partial charge in [0.1, 0.15) is 0 Å². The van der Waals surface area contributed by atoms with Crippen LogP contribution in [0.2, 0.25) is 0 Å². The number of hydrogen-bond donors (Lipinski definition) is 2. The third-order valence-electron chi connectivity index (χ3n) is 6.14. The number of aromatic nitrogens is 1. The Kier molecular flexibility index (Phi) is 5.62. The van der Waals surface area contributed by atoms with E-state index in [0.29, 0.717) is 35.8 Å². The van der Waals surface area contributed by atoms with Gasteiger partial charge in [-0.3, -0.25) is 9.59 Å². The highest BCUT2D eigenvalue weighted by molar-refractivity contribution is 6.07. The molecule has 0 saturated heterocycles. The molecule has 0 aliphatic heterocycles. The fourth-order valence-corrected chi connectivity index (χ4v) is 4.33. The van der Waals surface area contributed by atoms with E-state index >= 15 is 0 Å². The fourth-order valence-electron chi connectivity index (χ4n) is 4.33. The molecule has 5 nitrogen and oxygen atoms in total. The van der Waals surface area contributed by atoms with Gasteiger partial charge in [-0.15, -0.1) is 0 Å². The fraction of sp³-hybridized carbons (Fsp3) is 0.360. The summed E-state index contributed by atoms with van der Waals surface area (Å²) in [6.07, 6.45) is 3.34. The van der Waals surface area contributed by atoms with Crippen LogP contribution in [0.5, 0.6) is 0 Å². The summed E-state index contributed by atoms with van der Waals surface area (Å²) in [5.41, 5.74) is 5.73. The Morgan fingerprint density at radius 3 is 2.47 bits per heavy atom. The molecule has 0 fully saturated rings. The molecular formula is C25H29N3O2. The molecule has 1 aliphatic rings. The van der Waals surface area contributed by atoms with Crippen molar-refractivity contribution in [2.75, 3.05) is 18.4 Å². The standard InChI is InChI=1S/C25H29N3O2/c1-4-28(5-2)25(30)17-7-10-19(11-8-17)26-24(29)18-9-13-23-21(15-18)20-14-16(3)6-12-22(20)27-23/h7-11,13,15-16,27H,4-6,12,14H2,1-3H3,(H,26,29)/t16-/m1/s1. The van der Waals surface area contributed by atoms with Gasteiger partial charge < -0.3 is 15.2 Å². The highest BCUT2D eigenvalue weighted by atomic mass is 16.2. The molecule has 5 heteroatoms. The Morgan fingerprint density at radius 2 is 1.77 bits per heavy atom. The Hall–Kier alpha value is -3.08. The molecule has 30 heavy (non-hydrogen) atoms. The summed E-state index contributed by atoms with van der Waals surface area (Å²) in [5, 5.41) is 4.11. The number of benzene rings is 2. The van der Waals surface area contributed by atoms with Crippen molar-refractivity contribution in [1.82, 2.24) is 9.88 Å². The van der Waals surface area contributed by atoms with Crippen molar-refractivity contribution >= 4 is 28.4 Å². The molecule has 2 N–H and O–H groups in total. The maximum Gasteiger partial charge on any atom is 0.255 e. The lowest BCUT2D eigenvalue weighted by molar-refractivity contribution is 0.0773. The van der Waals surface area contributed by atoms with E-state index in [0.717, 1.165) is 23.7 Å². The summed E-state index contributed by atoms with van der Waals surface area (Å²) in [6.45, 7) is 7.58. The first-order valence-corrected chi connectivity index (χ1v) is 10.8. The summed E-state index contributed by atoms with van der Waals surface area (Å²) in [6, 6.07) is 13.0. The number of H-pyrrole nitrogens is 1. The molecule has 1 aromatic heterocycles. The average molecular weight is 404 g/mol. The molecule has 0 unspecified atom stereocenters. The van der Waals surface area contributed by atoms with Gasteiger partial charge in [-0.25, -0.2) is 0 Å². The van der Waals surface area contributed by atoms with Crippen molar-refractivity contribution in [1.29, 1.82) is 0 Å². The van der Waals surface area contributed by atoms with Gasteiger partial charge in [-0.2, -0.15) is 0 Å². The summed E-state index contributed by atoms with van der Waals surface area (Å²) < 4.78 is 0. The zero-order valence-corrected chi connectivity index (χ0v) is 17.9. The molecular weight excluding hydrogens is 374 g/mol. The largest absolute Gasteiger partial charge is 0.358 e. The predicted octanol–water partition coefficient (Wildman–Crippen LogP) is 5.03. The molecule has 4 rings (SSSR count). The van der Waals surface area contributed by atoms with Crippen LogP contribution in [0.1, 0.15) is 59.2 Å². The monoisotopic (exact) mass is 403 g/mol.